The predicted molar refractivity (Wildman–Crippen MR) is 76.8 cm³/mol. The van der Waals surface area contributed by atoms with E-state index in [1.807, 2.05) is 6.07 Å². The molecule has 1 N–H and O–H groups in total. The smallest absolute Gasteiger partial charge is 0.306 e. The summed E-state index contributed by atoms with van der Waals surface area (Å²) in [7, 11) is 0. The van der Waals surface area contributed by atoms with Crippen molar-refractivity contribution in [3.8, 4) is 6.07 Å². The quantitative estimate of drug-likeness (QED) is 0.903. The van der Waals surface area contributed by atoms with Crippen molar-refractivity contribution in [3.63, 3.8) is 0 Å². The Bertz CT molecular complexity index is 730. The van der Waals surface area contributed by atoms with E-state index in [-0.39, 0.29) is 5.92 Å². The number of carbonyl (C=O) groups is 1. The van der Waals surface area contributed by atoms with Crippen LogP contribution in [0.4, 0.5) is 5.69 Å². The topological polar surface area (TPSA) is 90.1 Å². The van der Waals surface area contributed by atoms with E-state index in [4.69, 9.17) is 10.4 Å². The van der Waals surface area contributed by atoms with E-state index >= 15 is 0 Å². The Morgan fingerprint density at radius 3 is 2.52 bits per heavy atom. The number of nitriles is 1. The fourth-order valence-electron chi connectivity index (χ4n) is 2.76. The van der Waals surface area contributed by atoms with Crippen molar-refractivity contribution in [1.82, 2.24) is 9.97 Å². The summed E-state index contributed by atoms with van der Waals surface area (Å²) in [6.07, 6.45) is 4.43. The third-order valence-electron chi connectivity index (χ3n) is 3.91. The van der Waals surface area contributed by atoms with Gasteiger partial charge < -0.3 is 10.0 Å². The molecular formula is C15H14N4O2. The van der Waals surface area contributed by atoms with E-state index < -0.39 is 5.97 Å². The third-order valence-corrected chi connectivity index (χ3v) is 3.91. The lowest BCUT2D eigenvalue weighted by atomic mass is 9.96. The van der Waals surface area contributed by atoms with Crippen molar-refractivity contribution in [2.75, 3.05) is 18.0 Å². The molecule has 1 fully saturated rings. The van der Waals surface area contributed by atoms with Crippen LogP contribution in [0.3, 0.4) is 0 Å². The molecule has 2 heterocycles. The maximum atomic E-state index is 11.0. The molecule has 0 bridgehead atoms. The molecule has 0 saturated carbocycles. The summed E-state index contributed by atoms with van der Waals surface area (Å²) < 4.78 is 0. The highest BCUT2D eigenvalue weighted by molar-refractivity contribution is 5.92. The Morgan fingerprint density at radius 2 is 1.90 bits per heavy atom. The van der Waals surface area contributed by atoms with Gasteiger partial charge in [-0.1, -0.05) is 0 Å². The van der Waals surface area contributed by atoms with Gasteiger partial charge in [0, 0.05) is 25.5 Å². The van der Waals surface area contributed by atoms with Crippen LogP contribution in [0.1, 0.15) is 18.4 Å². The molecule has 1 aromatic heterocycles. The lowest BCUT2D eigenvalue weighted by Crippen LogP contribution is -2.36. The molecule has 2 aromatic rings. The normalized spacial score (nSPS) is 15.9. The monoisotopic (exact) mass is 282 g/mol. The maximum absolute atomic E-state index is 11.0. The maximum Gasteiger partial charge on any atom is 0.306 e. The molecule has 6 heteroatoms. The molecule has 0 unspecified atom stereocenters. The summed E-state index contributed by atoms with van der Waals surface area (Å²) >= 11 is 0. The Morgan fingerprint density at radius 1 is 1.24 bits per heavy atom. The second-order valence-electron chi connectivity index (χ2n) is 5.10. The van der Waals surface area contributed by atoms with Crippen molar-refractivity contribution in [2.45, 2.75) is 12.8 Å². The molecular weight excluding hydrogens is 268 g/mol. The van der Waals surface area contributed by atoms with Gasteiger partial charge in [0.15, 0.2) is 0 Å². The first-order chi connectivity index (χ1) is 10.2. The first-order valence-electron chi connectivity index (χ1n) is 6.82. The van der Waals surface area contributed by atoms with E-state index in [0.717, 1.165) is 5.69 Å². The molecule has 6 nitrogen and oxygen atoms in total. The van der Waals surface area contributed by atoms with Crippen LogP contribution in [0.5, 0.6) is 0 Å². The van der Waals surface area contributed by atoms with Crippen LogP contribution >= 0.6 is 0 Å². The molecule has 1 aliphatic heterocycles. The van der Waals surface area contributed by atoms with E-state index in [2.05, 4.69) is 20.9 Å². The Balaban J connectivity index is 1.96. The summed E-state index contributed by atoms with van der Waals surface area (Å²) in [6, 6.07) is 5.74. The van der Waals surface area contributed by atoms with Gasteiger partial charge in [-0.3, -0.25) is 14.8 Å². The van der Waals surface area contributed by atoms with Gasteiger partial charge >= 0.3 is 5.97 Å². The minimum absolute atomic E-state index is 0.267. The third kappa shape index (κ3) is 2.38. The van der Waals surface area contributed by atoms with Crippen molar-refractivity contribution >= 4 is 22.7 Å². The Kier molecular flexibility index (Phi) is 3.40. The zero-order valence-electron chi connectivity index (χ0n) is 11.4. The van der Waals surface area contributed by atoms with E-state index in [1.165, 1.54) is 0 Å². The minimum Gasteiger partial charge on any atom is -0.481 e. The zero-order chi connectivity index (χ0) is 14.8. The van der Waals surface area contributed by atoms with Crippen LogP contribution in [-0.4, -0.2) is 34.1 Å². The molecule has 106 valence electrons. The Labute approximate surface area is 121 Å². The molecule has 21 heavy (non-hydrogen) atoms. The van der Waals surface area contributed by atoms with E-state index in [9.17, 15) is 4.79 Å². The lowest BCUT2D eigenvalue weighted by molar-refractivity contribution is -0.142. The van der Waals surface area contributed by atoms with Gasteiger partial charge in [0.1, 0.15) is 17.1 Å². The Hall–Kier alpha value is -2.68. The highest BCUT2D eigenvalue weighted by Crippen LogP contribution is 2.29. The van der Waals surface area contributed by atoms with E-state index in [1.54, 1.807) is 18.5 Å². The van der Waals surface area contributed by atoms with Crippen LogP contribution in [0.15, 0.2) is 24.5 Å². The number of hydrogen-bond donors (Lipinski definition) is 1. The average Bonchev–Trinajstić information content (AvgIpc) is 2.54. The fourth-order valence-corrected chi connectivity index (χ4v) is 2.76. The first kappa shape index (κ1) is 13.3. The second kappa shape index (κ2) is 5.37. The molecule has 1 aromatic carbocycles. The van der Waals surface area contributed by atoms with Gasteiger partial charge in [-0.05, 0) is 25.0 Å². The first-order valence-corrected chi connectivity index (χ1v) is 6.82. The number of rotatable bonds is 2. The van der Waals surface area contributed by atoms with Crippen molar-refractivity contribution in [1.29, 1.82) is 5.26 Å². The number of piperidine rings is 1. The minimum atomic E-state index is -0.723. The zero-order valence-corrected chi connectivity index (χ0v) is 11.4. The number of nitrogens with zero attached hydrogens (tertiary/aromatic N) is 4. The summed E-state index contributed by atoms with van der Waals surface area (Å²) in [5.74, 6) is -0.990. The summed E-state index contributed by atoms with van der Waals surface area (Å²) in [4.78, 5) is 21.7. The standard InChI is InChI=1S/C15H14N4O2/c16-9-11-1-2-12(14-13(11)17-5-6-18-14)19-7-3-10(4-8-19)15(20)21/h1-2,5-6,10H,3-4,7-8H2,(H,20,21). The molecule has 0 atom stereocenters. The molecule has 0 aliphatic carbocycles. The van der Waals surface area contributed by atoms with Crippen LogP contribution in [0.2, 0.25) is 0 Å². The summed E-state index contributed by atoms with van der Waals surface area (Å²) in [5.41, 5.74) is 2.71. The molecule has 1 aliphatic rings. The van der Waals surface area contributed by atoms with Crippen molar-refractivity contribution in [2.24, 2.45) is 5.92 Å². The van der Waals surface area contributed by atoms with Gasteiger partial charge in [-0.15, -0.1) is 0 Å². The number of aromatic nitrogens is 2. The molecule has 0 spiro atoms. The number of carboxylic acids is 1. The number of aliphatic carboxylic acids is 1. The number of benzene rings is 1. The van der Waals surface area contributed by atoms with Crippen LogP contribution in [-0.2, 0) is 4.79 Å². The highest BCUT2D eigenvalue weighted by Gasteiger charge is 2.25. The molecule has 1 saturated heterocycles. The van der Waals surface area contributed by atoms with Crippen molar-refractivity contribution in [3.05, 3.63) is 30.1 Å². The van der Waals surface area contributed by atoms with Gasteiger partial charge in [0.25, 0.3) is 0 Å². The van der Waals surface area contributed by atoms with Gasteiger partial charge in [0.2, 0.25) is 0 Å². The lowest BCUT2D eigenvalue weighted by Gasteiger charge is -2.32. The second-order valence-corrected chi connectivity index (χ2v) is 5.10. The van der Waals surface area contributed by atoms with Crippen LogP contribution in [0.25, 0.3) is 11.0 Å². The van der Waals surface area contributed by atoms with Gasteiger partial charge in [-0.2, -0.15) is 5.26 Å². The van der Waals surface area contributed by atoms with Crippen molar-refractivity contribution < 1.29 is 9.90 Å². The van der Waals surface area contributed by atoms with E-state index in [0.29, 0.717) is 42.5 Å². The van der Waals surface area contributed by atoms with Gasteiger partial charge in [0.05, 0.1) is 17.2 Å². The van der Waals surface area contributed by atoms with Crippen LogP contribution < -0.4 is 4.90 Å². The number of carboxylic acid groups (broad SMARTS) is 1. The predicted octanol–water partition coefficient (Wildman–Crippen LogP) is 1.80. The SMILES string of the molecule is N#Cc1ccc(N2CCC(C(=O)O)CC2)c2nccnc12. The number of anilines is 1. The van der Waals surface area contributed by atoms with Crippen LogP contribution in [0, 0.1) is 17.2 Å². The summed E-state index contributed by atoms with van der Waals surface area (Å²) in [6.45, 7) is 1.35. The number of fused-ring (bicyclic) bond motifs is 1. The average molecular weight is 282 g/mol. The number of hydrogen-bond acceptors (Lipinski definition) is 5. The largest absolute Gasteiger partial charge is 0.481 e. The summed E-state index contributed by atoms with van der Waals surface area (Å²) in [5, 5.41) is 18.2. The molecule has 0 amide bonds. The molecule has 3 rings (SSSR count). The fraction of sp³-hybridized carbons (Fsp3) is 0.333. The molecule has 0 radical (unpaired) electrons. The highest BCUT2D eigenvalue weighted by atomic mass is 16.4. The van der Waals surface area contributed by atoms with Gasteiger partial charge in [-0.25, -0.2) is 0 Å².